The maximum absolute atomic E-state index is 11.7. The molecule has 3 rings (SSSR count). The summed E-state index contributed by atoms with van der Waals surface area (Å²) in [5.41, 5.74) is 3.05. The number of anilines is 2. The van der Waals surface area contributed by atoms with Crippen LogP contribution < -0.4 is 10.6 Å². The number of nitrogens with one attached hydrogen (secondary N) is 2. The molecule has 108 valence electrons. The van der Waals surface area contributed by atoms with Gasteiger partial charge in [0.25, 0.3) is 0 Å². The molecule has 0 unspecified atom stereocenters. The van der Waals surface area contributed by atoms with E-state index in [-0.39, 0.29) is 11.8 Å². The van der Waals surface area contributed by atoms with Crippen molar-refractivity contribution in [2.24, 2.45) is 5.92 Å². The molecule has 0 aliphatic heterocycles. The Labute approximate surface area is 129 Å². The van der Waals surface area contributed by atoms with Crippen molar-refractivity contribution in [1.82, 2.24) is 0 Å². The molecule has 3 nitrogen and oxygen atoms in total. The van der Waals surface area contributed by atoms with Crippen molar-refractivity contribution >= 4 is 28.9 Å². The third kappa shape index (κ3) is 3.99. The van der Waals surface area contributed by atoms with E-state index in [0.717, 1.165) is 35.8 Å². The average Bonchev–Trinajstić information content (AvgIpc) is 3.33. The van der Waals surface area contributed by atoms with Crippen LogP contribution in [0.15, 0.2) is 48.5 Å². The Kier molecular flexibility index (Phi) is 4.11. The maximum Gasteiger partial charge on any atom is 0.227 e. The van der Waals surface area contributed by atoms with Crippen molar-refractivity contribution in [3.8, 4) is 0 Å². The lowest BCUT2D eigenvalue weighted by molar-refractivity contribution is -0.117. The second kappa shape index (κ2) is 6.19. The average molecular weight is 301 g/mol. The number of rotatable bonds is 5. The van der Waals surface area contributed by atoms with Crippen LogP contribution in [-0.2, 0) is 11.3 Å². The van der Waals surface area contributed by atoms with Crippen LogP contribution >= 0.6 is 11.6 Å². The van der Waals surface area contributed by atoms with Gasteiger partial charge in [0.1, 0.15) is 0 Å². The summed E-state index contributed by atoms with van der Waals surface area (Å²) in [6.45, 7) is 0.741. The van der Waals surface area contributed by atoms with Crippen molar-refractivity contribution in [2.45, 2.75) is 19.4 Å². The van der Waals surface area contributed by atoms with E-state index < -0.39 is 0 Å². The van der Waals surface area contributed by atoms with Gasteiger partial charge in [0.05, 0.1) is 0 Å². The second-order valence-corrected chi connectivity index (χ2v) is 5.76. The Bertz CT molecular complexity index is 618. The number of benzene rings is 2. The van der Waals surface area contributed by atoms with Crippen LogP contribution in [0.4, 0.5) is 11.4 Å². The molecule has 1 amide bonds. The van der Waals surface area contributed by atoms with Crippen molar-refractivity contribution in [3.63, 3.8) is 0 Å². The maximum atomic E-state index is 11.7. The molecule has 0 bridgehead atoms. The summed E-state index contributed by atoms with van der Waals surface area (Å²) in [7, 11) is 0. The zero-order valence-corrected chi connectivity index (χ0v) is 12.4. The number of halogens is 1. The van der Waals surface area contributed by atoms with Crippen LogP contribution in [0.25, 0.3) is 0 Å². The molecule has 2 aromatic carbocycles. The second-order valence-electron chi connectivity index (χ2n) is 5.32. The fraction of sp³-hybridized carbons (Fsp3) is 0.235. The lowest BCUT2D eigenvalue weighted by Crippen LogP contribution is -2.13. The van der Waals surface area contributed by atoms with E-state index in [0.29, 0.717) is 0 Å². The summed E-state index contributed by atoms with van der Waals surface area (Å²) in [4.78, 5) is 11.7. The Balaban J connectivity index is 1.54. The van der Waals surface area contributed by atoms with E-state index in [1.54, 1.807) is 0 Å². The lowest BCUT2D eigenvalue weighted by atomic mass is 10.2. The molecule has 0 heterocycles. The fourth-order valence-corrected chi connectivity index (χ4v) is 2.19. The third-order valence-corrected chi connectivity index (χ3v) is 3.76. The Morgan fingerprint density at radius 3 is 2.24 bits per heavy atom. The fourth-order valence-electron chi connectivity index (χ4n) is 2.07. The molecular formula is C17H17ClN2O. The van der Waals surface area contributed by atoms with Crippen molar-refractivity contribution in [3.05, 3.63) is 59.1 Å². The minimum atomic E-state index is 0.136. The number of hydrogen-bond donors (Lipinski definition) is 2. The molecule has 2 N–H and O–H groups in total. The highest BCUT2D eigenvalue weighted by atomic mass is 35.5. The van der Waals surface area contributed by atoms with E-state index in [2.05, 4.69) is 10.6 Å². The predicted octanol–water partition coefficient (Wildman–Crippen LogP) is 4.30. The van der Waals surface area contributed by atoms with Gasteiger partial charge in [-0.1, -0.05) is 23.7 Å². The van der Waals surface area contributed by atoms with E-state index in [1.807, 2.05) is 48.5 Å². The number of amides is 1. The molecule has 0 radical (unpaired) electrons. The lowest BCUT2D eigenvalue weighted by Gasteiger charge is -2.08. The molecule has 1 fully saturated rings. The van der Waals surface area contributed by atoms with Gasteiger partial charge < -0.3 is 10.6 Å². The van der Waals surface area contributed by atoms with Crippen molar-refractivity contribution in [1.29, 1.82) is 0 Å². The monoisotopic (exact) mass is 300 g/mol. The Morgan fingerprint density at radius 1 is 1.00 bits per heavy atom. The van der Waals surface area contributed by atoms with Gasteiger partial charge in [0.2, 0.25) is 5.91 Å². The summed E-state index contributed by atoms with van der Waals surface area (Å²) >= 11 is 5.86. The largest absolute Gasteiger partial charge is 0.381 e. The van der Waals surface area contributed by atoms with Crippen LogP contribution in [0.1, 0.15) is 18.4 Å². The number of hydrogen-bond acceptors (Lipinski definition) is 2. The molecule has 4 heteroatoms. The summed E-state index contributed by atoms with van der Waals surface area (Å²) in [6, 6.07) is 15.6. The van der Waals surface area contributed by atoms with Gasteiger partial charge in [-0.15, -0.1) is 0 Å². The quantitative estimate of drug-likeness (QED) is 0.864. The van der Waals surface area contributed by atoms with E-state index >= 15 is 0 Å². The highest BCUT2D eigenvalue weighted by Crippen LogP contribution is 2.30. The SMILES string of the molecule is O=C(Nc1ccc(NCc2ccc(Cl)cc2)cc1)C1CC1. The van der Waals surface area contributed by atoms with Gasteiger partial charge in [-0.05, 0) is 54.8 Å². The molecule has 1 aliphatic carbocycles. The first-order valence-electron chi connectivity index (χ1n) is 7.10. The smallest absolute Gasteiger partial charge is 0.227 e. The third-order valence-electron chi connectivity index (χ3n) is 3.51. The van der Waals surface area contributed by atoms with Crippen LogP contribution in [0.5, 0.6) is 0 Å². The topological polar surface area (TPSA) is 41.1 Å². The molecule has 0 aromatic heterocycles. The van der Waals surface area contributed by atoms with Gasteiger partial charge in [-0.3, -0.25) is 4.79 Å². The summed E-state index contributed by atoms with van der Waals surface area (Å²) in [5, 5.41) is 7.01. The van der Waals surface area contributed by atoms with Crippen molar-refractivity contribution in [2.75, 3.05) is 10.6 Å². The summed E-state index contributed by atoms with van der Waals surface area (Å²) in [5.74, 6) is 0.365. The number of carbonyl (C=O) groups is 1. The van der Waals surface area contributed by atoms with E-state index in [9.17, 15) is 4.79 Å². The van der Waals surface area contributed by atoms with Gasteiger partial charge in [-0.2, -0.15) is 0 Å². The first kappa shape index (κ1) is 14.0. The zero-order chi connectivity index (χ0) is 14.7. The van der Waals surface area contributed by atoms with Gasteiger partial charge in [-0.25, -0.2) is 0 Å². The molecular weight excluding hydrogens is 284 g/mol. The highest BCUT2D eigenvalue weighted by Gasteiger charge is 2.29. The molecule has 2 aromatic rings. The molecule has 0 saturated heterocycles. The normalized spacial score (nSPS) is 13.8. The van der Waals surface area contributed by atoms with E-state index in [4.69, 9.17) is 11.6 Å². The van der Waals surface area contributed by atoms with Crippen LogP contribution in [0.3, 0.4) is 0 Å². The van der Waals surface area contributed by atoms with Crippen molar-refractivity contribution < 1.29 is 4.79 Å². The molecule has 1 aliphatic rings. The molecule has 0 atom stereocenters. The Morgan fingerprint density at radius 2 is 1.62 bits per heavy atom. The van der Waals surface area contributed by atoms with Gasteiger partial charge >= 0.3 is 0 Å². The van der Waals surface area contributed by atoms with Gasteiger partial charge in [0, 0.05) is 28.9 Å². The predicted molar refractivity (Wildman–Crippen MR) is 86.6 cm³/mol. The van der Waals surface area contributed by atoms with Crippen LogP contribution in [0, 0.1) is 5.92 Å². The first-order chi connectivity index (χ1) is 10.2. The van der Waals surface area contributed by atoms with Crippen LogP contribution in [0.2, 0.25) is 5.02 Å². The standard InChI is InChI=1S/C17H17ClN2O/c18-14-5-1-12(2-6-14)11-19-15-7-9-16(10-8-15)20-17(21)13-3-4-13/h1-2,5-10,13,19H,3-4,11H2,(H,20,21). The summed E-state index contributed by atoms with van der Waals surface area (Å²) < 4.78 is 0. The Hall–Kier alpha value is -2.00. The number of carbonyl (C=O) groups excluding carboxylic acids is 1. The minimum Gasteiger partial charge on any atom is -0.381 e. The molecule has 21 heavy (non-hydrogen) atoms. The molecule has 1 saturated carbocycles. The van der Waals surface area contributed by atoms with Crippen LogP contribution in [-0.4, -0.2) is 5.91 Å². The molecule has 0 spiro atoms. The summed E-state index contributed by atoms with van der Waals surface area (Å²) in [6.07, 6.45) is 2.04. The zero-order valence-electron chi connectivity index (χ0n) is 11.6. The van der Waals surface area contributed by atoms with Gasteiger partial charge in [0.15, 0.2) is 0 Å². The van der Waals surface area contributed by atoms with E-state index in [1.165, 1.54) is 5.56 Å². The highest BCUT2D eigenvalue weighted by molar-refractivity contribution is 6.30. The minimum absolute atomic E-state index is 0.136. The first-order valence-corrected chi connectivity index (χ1v) is 7.48.